The molecule has 2 amide bonds. The number of para-hydroxylation sites is 1. The molecule has 4 N–H and O–H groups in total. The first kappa shape index (κ1) is 28.1. The predicted octanol–water partition coefficient (Wildman–Crippen LogP) is 3.96. The molecule has 4 rings (SSSR count). The number of H-pyrrole nitrogens is 1. The second-order valence-electron chi connectivity index (χ2n) is 8.31. The van der Waals surface area contributed by atoms with Crippen LogP contribution in [-0.4, -0.2) is 59.5 Å². The molecule has 0 saturated carbocycles. The molecule has 15 heteroatoms. The van der Waals surface area contributed by atoms with Crippen LogP contribution in [-0.2, 0) is 13.0 Å². The Hall–Kier alpha value is -4.95. The van der Waals surface area contributed by atoms with E-state index in [-0.39, 0.29) is 57.5 Å². The van der Waals surface area contributed by atoms with Gasteiger partial charge in [0.05, 0.1) is 18.9 Å². The van der Waals surface area contributed by atoms with E-state index >= 15 is 0 Å². The second kappa shape index (κ2) is 11.4. The summed E-state index contributed by atoms with van der Waals surface area (Å²) in [5.74, 6) is -1.90. The van der Waals surface area contributed by atoms with Gasteiger partial charge >= 0.3 is 12.3 Å². The fraction of sp³-hybridized carbons (Fsp3) is 0.240. The van der Waals surface area contributed by atoms with Gasteiger partial charge in [0.2, 0.25) is 0 Å². The van der Waals surface area contributed by atoms with Crippen molar-refractivity contribution in [3.05, 3.63) is 59.0 Å². The van der Waals surface area contributed by atoms with E-state index in [2.05, 4.69) is 36.1 Å². The van der Waals surface area contributed by atoms with Gasteiger partial charge in [-0.1, -0.05) is 18.2 Å². The van der Waals surface area contributed by atoms with Gasteiger partial charge in [-0.05, 0) is 23.8 Å². The molecule has 0 radical (unpaired) electrons. The fourth-order valence-electron chi connectivity index (χ4n) is 3.86. The van der Waals surface area contributed by atoms with Crippen molar-refractivity contribution >= 4 is 28.9 Å². The van der Waals surface area contributed by atoms with Crippen LogP contribution in [0.25, 0.3) is 22.4 Å². The van der Waals surface area contributed by atoms with Gasteiger partial charge in [0, 0.05) is 31.8 Å². The van der Waals surface area contributed by atoms with Crippen LogP contribution in [0.5, 0.6) is 11.5 Å². The van der Waals surface area contributed by atoms with E-state index in [0.29, 0.717) is 5.56 Å². The minimum atomic E-state index is -4.63. The topological polar surface area (TPSA) is 143 Å². The Kier molecular flexibility index (Phi) is 8.02. The highest BCUT2D eigenvalue weighted by Crippen LogP contribution is 2.35. The van der Waals surface area contributed by atoms with Crippen LogP contribution >= 0.6 is 0 Å². The summed E-state index contributed by atoms with van der Waals surface area (Å²) in [5, 5.41) is 14.5. The first-order valence-electron chi connectivity index (χ1n) is 11.7. The maximum atomic E-state index is 14.7. The van der Waals surface area contributed by atoms with E-state index in [1.165, 1.54) is 14.1 Å². The summed E-state index contributed by atoms with van der Waals surface area (Å²) < 4.78 is 65.0. The SMILES string of the molecule is CNC(=O)Oc1ccccc1CNc1nc(-c2cc(F)c(OC)cc2CC(F)(F)F)nc2n[nH]c(C(=O)NC)c12. The molecular formula is C25H23F4N7O4. The van der Waals surface area contributed by atoms with Crippen LogP contribution in [0, 0.1) is 5.82 Å². The third-order valence-corrected chi connectivity index (χ3v) is 5.70. The van der Waals surface area contributed by atoms with Crippen molar-refractivity contribution in [3.8, 4) is 22.9 Å². The van der Waals surface area contributed by atoms with Gasteiger partial charge in [-0.2, -0.15) is 18.3 Å². The number of nitrogens with zero attached hydrogens (tertiary/aromatic N) is 3. The summed E-state index contributed by atoms with van der Waals surface area (Å²) in [6.07, 6.45) is -6.73. The van der Waals surface area contributed by atoms with Crippen molar-refractivity contribution in [2.45, 2.75) is 19.1 Å². The van der Waals surface area contributed by atoms with Crippen LogP contribution < -0.4 is 25.4 Å². The molecule has 0 aliphatic heterocycles. The standard InChI is InChI=1S/C25H23F4N7O4/c1-30-23(37)19-18-21(32-11-12-6-4-5-7-16(12)40-24(38)31-2)33-20(34-22(18)36-35-19)14-9-15(26)17(39-3)8-13(14)10-25(27,28)29/h4-9H,10-11H2,1-3H3,(H,30,37)(H,31,38)(H2,32,33,34,35,36). The quantitative estimate of drug-likeness (QED) is 0.237. The number of nitrogens with one attached hydrogen (secondary N) is 4. The number of carbonyl (C=O) groups is 2. The number of halogens is 4. The smallest absolute Gasteiger partial charge is 0.412 e. The van der Waals surface area contributed by atoms with Crippen molar-refractivity contribution < 1.29 is 36.6 Å². The third kappa shape index (κ3) is 6.03. The number of anilines is 1. The number of amides is 2. The van der Waals surface area contributed by atoms with Crippen LogP contribution in [0.2, 0.25) is 0 Å². The minimum absolute atomic E-state index is 0.00344. The first-order valence-corrected chi connectivity index (χ1v) is 11.7. The molecule has 0 fully saturated rings. The Morgan fingerprint density at radius 2 is 1.77 bits per heavy atom. The summed E-state index contributed by atoms with van der Waals surface area (Å²) in [4.78, 5) is 32.8. The van der Waals surface area contributed by atoms with E-state index in [4.69, 9.17) is 9.47 Å². The van der Waals surface area contributed by atoms with Crippen molar-refractivity contribution in [2.75, 3.05) is 26.5 Å². The normalized spacial score (nSPS) is 11.3. The van der Waals surface area contributed by atoms with Gasteiger partial charge in [-0.3, -0.25) is 9.89 Å². The van der Waals surface area contributed by atoms with Gasteiger partial charge in [0.25, 0.3) is 5.91 Å². The molecule has 210 valence electrons. The molecular weight excluding hydrogens is 538 g/mol. The molecule has 0 atom stereocenters. The Balaban J connectivity index is 1.85. The predicted molar refractivity (Wildman–Crippen MR) is 136 cm³/mol. The number of hydrogen-bond donors (Lipinski definition) is 4. The lowest BCUT2D eigenvalue weighted by Gasteiger charge is -2.15. The molecule has 11 nitrogen and oxygen atoms in total. The van der Waals surface area contributed by atoms with E-state index in [9.17, 15) is 27.2 Å². The Morgan fingerprint density at radius 1 is 1.02 bits per heavy atom. The lowest BCUT2D eigenvalue weighted by atomic mass is 10.0. The fourth-order valence-corrected chi connectivity index (χ4v) is 3.86. The number of ether oxygens (including phenoxy) is 2. The zero-order chi connectivity index (χ0) is 29.0. The largest absolute Gasteiger partial charge is 0.494 e. The van der Waals surface area contributed by atoms with E-state index in [1.807, 2.05) is 0 Å². The Morgan fingerprint density at radius 3 is 2.45 bits per heavy atom. The monoisotopic (exact) mass is 561 g/mol. The van der Waals surface area contributed by atoms with Crippen LogP contribution in [0.3, 0.4) is 0 Å². The molecule has 2 heterocycles. The Bertz CT molecular complexity index is 1570. The van der Waals surface area contributed by atoms with E-state index in [1.54, 1.807) is 24.3 Å². The lowest BCUT2D eigenvalue weighted by Crippen LogP contribution is -2.22. The maximum absolute atomic E-state index is 14.7. The third-order valence-electron chi connectivity index (χ3n) is 5.70. The molecule has 0 bridgehead atoms. The number of aromatic nitrogens is 4. The number of rotatable bonds is 8. The minimum Gasteiger partial charge on any atom is -0.494 e. The summed E-state index contributed by atoms with van der Waals surface area (Å²) in [7, 11) is 3.93. The molecule has 2 aromatic carbocycles. The summed E-state index contributed by atoms with van der Waals surface area (Å²) in [6.45, 7) is 0.00344. The van der Waals surface area contributed by atoms with Gasteiger partial charge in [0.15, 0.2) is 23.0 Å². The number of fused-ring (bicyclic) bond motifs is 1. The number of aromatic amines is 1. The zero-order valence-electron chi connectivity index (χ0n) is 21.4. The van der Waals surface area contributed by atoms with Crippen LogP contribution in [0.15, 0.2) is 36.4 Å². The average molecular weight is 561 g/mol. The van der Waals surface area contributed by atoms with Gasteiger partial charge in [0.1, 0.15) is 17.3 Å². The zero-order valence-corrected chi connectivity index (χ0v) is 21.4. The highest BCUT2D eigenvalue weighted by molar-refractivity contribution is 6.08. The molecule has 0 unspecified atom stereocenters. The van der Waals surface area contributed by atoms with E-state index in [0.717, 1.165) is 19.2 Å². The molecule has 40 heavy (non-hydrogen) atoms. The number of hydrogen-bond acceptors (Lipinski definition) is 8. The first-order chi connectivity index (χ1) is 19.0. The molecule has 4 aromatic rings. The van der Waals surface area contributed by atoms with Crippen molar-refractivity contribution in [1.29, 1.82) is 0 Å². The Labute approximate surface area is 224 Å². The second-order valence-corrected chi connectivity index (χ2v) is 8.31. The van der Waals surface area contributed by atoms with Gasteiger partial charge < -0.3 is 25.4 Å². The van der Waals surface area contributed by atoms with Crippen LogP contribution in [0.4, 0.5) is 28.2 Å². The number of benzene rings is 2. The molecule has 0 spiro atoms. The van der Waals surface area contributed by atoms with Crippen molar-refractivity contribution in [1.82, 2.24) is 30.8 Å². The van der Waals surface area contributed by atoms with Gasteiger partial charge in [-0.15, -0.1) is 0 Å². The summed E-state index contributed by atoms with van der Waals surface area (Å²) in [5.41, 5.74) is -0.137. The number of methoxy groups -OCH3 is 1. The molecule has 2 aromatic heterocycles. The lowest BCUT2D eigenvalue weighted by molar-refractivity contribution is -0.127. The number of carbonyl (C=O) groups excluding carboxylic acids is 2. The number of alkyl halides is 3. The average Bonchev–Trinajstić information content (AvgIpc) is 3.36. The highest BCUT2D eigenvalue weighted by atomic mass is 19.4. The van der Waals surface area contributed by atoms with Gasteiger partial charge in [-0.25, -0.2) is 19.2 Å². The molecule has 0 saturated heterocycles. The molecule has 0 aliphatic rings. The van der Waals surface area contributed by atoms with Crippen LogP contribution in [0.1, 0.15) is 21.6 Å². The molecule has 0 aliphatic carbocycles. The maximum Gasteiger partial charge on any atom is 0.412 e. The summed E-state index contributed by atoms with van der Waals surface area (Å²) in [6, 6.07) is 8.37. The van der Waals surface area contributed by atoms with E-state index < -0.39 is 30.4 Å². The van der Waals surface area contributed by atoms with Crippen molar-refractivity contribution in [3.63, 3.8) is 0 Å². The highest BCUT2D eigenvalue weighted by Gasteiger charge is 2.31. The summed E-state index contributed by atoms with van der Waals surface area (Å²) >= 11 is 0. The van der Waals surface area contributed by atoms with Crippen molar-refractivity contribution in [2.24, 2.45) is 0 Å².